The van der Waals surface area contributed by atoms with E-state index in [9.17, 15) is 14.0 Å². The highest BCUT2D eigenvalue weighted by molar-refractivity contribution is 7.17. The highest BCUT2D eigenvalue weighted by Gasteiger charge is 2.15. The first-order valence-electron chi connectivity index (χ1n) is 11.3. The second-order valence-electron chi connectivity index (χ2n) is 7.73. The highest BCUT2D eigenvalue weighted by Crippen LogP contribution is 2.30. The Hall–Kier alpha value is -3.34. The van der Waals surface area contributed by atoms with Crippen LogP contribution >= 0.6 is 11.3 Å². The van der Waals surface area contributed by atoms with Crippen LogP contribution in [-0.4, -0.2) is 58.6 Å². The summed E-state index contributed by atoms with van der Waals surface area (Å²) in [4.78, 5) is 25.1. The van der Waals surface area contributed by atoms with Crippen LogP contribution < -0.4 is 14.9 Å². The third-order valence-corrected chi connectivity index (χ3v) is 6.34. The summed E-state index contributed by atoms with van der Waals surface area (Å²) in [6, 6.07) is 9.73. The minimum atomic E-state index is -0.407. The van der Waals surface area contributed by atoms with Gasteiger partial charge >= 0.3 is 0 Å². The number of methoxy groups -OCH3 is 3. The van der Waals surface area contributed by atoms with Crippen molar-refractivity contribution in [2.75, 3.05) is 41.2 Å². The van der Waals surface area contributed by atoms with Gasteiger partial charge in [-0.25, -0.2) is 9.82 Å². The molecule has 0 saturated carbocycles. The topological polar surface area (TPSA) is 95.5 Å². The molecule has 0 saturated heterocycles. The van der Waals surface area contributed by atoms with E-state index in [1.54, 1.807) is 38.5 Å². The minimum absolute atomic E-state index is 0.00557. The van der Waals surface area contributed by atoms with E-state index in [1.807, 2.05) is 11.4 Å². The third-order valence-electron chi connectivity index (χ3n) is 5.33. The smallest absolute Gasteiger partial charge is 0.240 e. The summed E-state index contributed by atoms with van der Waals surface area (Å²) in [6.45, 7) is 1.16. The number of ketones is 1. The van der Waals surface area contributed by atoms with Crippen LogP contribution in [0.2, 0.25) is 0 Å². The fourth-order valence-electron chi connectivity index (χ4n) is 3.45. The Labute approximate surface area is 213 Å². The average Bonchev–Trinajstić information content (AvgIpc) is 3.33. The zero-order chi connectivity index (χ0) is 25.9. The van der Waals surface area contributed by atoms with Crippen molar-refractivity contribution in [3.63, 3.8) is 0 Å². The van der Waals surface area contributed by atoms with E-state index < -0.39 is 5.91 Å². The van der Waals surface area contributed by atoms with Crippen molar-refractivity contribution in [2.24, 2.45) is 5.10 Å². The van der Waals surface area contributed by atoms with Gasteiger partial charge in [0.1, 0.15) is 12.4 Å². The molecule has 1 amide bonds. The van der Waals surface area contributed by atoms with Crippen LogP contribution in [0, 0.1) is 5.82 Å². The normalized spacial score (nSPS) is 11.5. The van der Waals surface area contributed by atoms with Crippen LogP contribution in [0.25, 0.3) is 10.1 Å². The van der Waals surface area contributed by atoms with Gasteiger partial charge in [0.2, 0.25) is 5.91 Å². The number of carbonyl (C=O) groups is 2. The van der Waals surface area contributed by atoms with Crippen molar-refractivity contribution in [1.29, 1.82) is 0 Å². The molecule has 8 nitrogen and oxygen atoms in total. The number of ether oxygens (including phenoxy) is 4. The molecule has 0 fully saturated rings. The maximum Gasteiger partial charge on any atom is 0.240 e. The standard InChI is InChI=1S/C26H29FN2O6S/c1-32-12-11-21(19-16-36-26-18(19)5-4-6-20(26)27)28-29-25(31)10-8-22(30)17-7-9-23(24(15-17)34-3)35-14-13-33-2/h4-7,9,15-16H,8,10-14H2,1-3H3,(H,29,31)/b28-21+. The van der Waals surface area contributed by atoms with Crippen molar-refractivity contribution in [2.45, 2.75) is 19.3 Å². The van der Waals surface area contributed by atoms with Gasteiger partial charge in [0, 0.05) is 55.4 Å². The maximum absolute atomic E-state index is 14.1. The van der Waals surface area contributed by atoms with Gasteiger partial charge in [-0.3, -0.25) is 9.59 Å². The number of hydrogen-bond donors (Lipinski definition) is 1. The third kappa shape index (κ3) is 7.09. The molecule has 0 atom stereocenters. The molecule has 1 N–H and O–H groups in total. The van der Waals surface area contributed by atoms with Gasteiger partial charge in [0.25, 0.3) is 0 Å². The lowest BCUT2D eigenvalue weighted by atomic mass is 10.1. The molecule has 0 radical (unpaired) electrons. The average molecular weight is 517 g/mol. The Morgan fingerprint density at radius 2 is 1.78 bits per heavy atom. The Balaban J connectivity index is 1.63. The second kappa shape index (κ2) is 13.7. The van der Waals surface area contributed by atoms with Crippen molar-refractivity contribution in [3.8, 4) is 11.5 Å². The van der Waals surface area contributed by atoms with E-state index in [4.69, 9.17) is 18.9 Å². The van der Waals surface area contributed by atoms with Gasteiger partial charge in [0.05, 0.1) is 30.7 Å². The monoisotopic (exact) mass is 516 g/mol. The van der Waals surface area contributed by atoms with E-state index in [1.165, 1.54) is 24.5 Å². The first-order chi connectivity index (χ1) is 17.5. The van der Waals surface area contributed by atoms with Gasteiger partial charge in [-0.15, -0.1) is 11.3 Å². The van der Waals surface area contributed by atoms with E-state index in [-0.39, 0.29) is 24.4 Å². The number of carbonyl (C=O) groups excluding carboxylic acids is 2. The Morgan fingerprint density at radius 3 is 2.53 bits per heavy atom. The highest BCUT2D eigenvalue weighted by atomic mass is 32.1. The van der Waals surface area contributed by atoms with E-state index >= 15 is 0 Å². The number of amides is 1. The number of Topliss-reactive ketones (excluding diaryl/α,β-unsaturated/α-hetero) is 1. The molecule has 3 aromatic rings. The second-order valence-corrected chi connectivity index (χ2v) is 8.61. The molecule has 1 heterocycles. The largest absolute Gasteiger partial charge is 0.493 e. The molecule has 3 rings (SSSR count). The van der Waals surface area contributed by atoms with Crippen LogP contribution in [0.15, 0.2) is 46.9 Å². The van der Waals surface area contributed by atoms with Crippen LogP contribution in [0.5, 0.6) is 11.5 Å². The number of nitrogens with zero attached hydrogens (tertiary/aromatic N) is 1. The predicted molar refractivity (Wildman–Crippen MR) is 137 cm³/mol. The Bertz CT molecular complexity index is 1230. The summed E-state index contributed by atoms with van der Waals surface area (Å²) >= 11 is 1.28. The predicted octanol–water partition coefficient (Wildman–Crippen LogP) is 4.59. The van der Waals surface area contributed by atoms with Crippen LogP contribution in [0.4, 0.5) is 4.39 Å². The molecule has 0 aliphatic rings. The van der Waals surface area contributed by atoms with E-state index in [0.29, 0.717) is 53.7 Å². The zero-order valence-electron chi connectivity index (χ0n) is 20.5. The molecule has 0 aliphatic carbocycles. The number of rotatable bonds is 14. The lowest BCUT2D eigenvalue weighted by molar-refractivity contribution is -0.121. The van der Waals surface area contributed by atoms with Gasteiger partial charge in [-0.2, -0.15) is 5.10 Å². The lowest BCUT2D eigenvalue weighted by Gasteiger charge is -2.11. The molecule has 0 bridgehead atoms. The first-order valence-corrected chi connectivity index (χ1v) is 12.2. The summed E-state index contributed by atoms with van der Waals surface area (Å²) in [5.41, 5.74) is 4.24. The fraction of sp³-hybridized carbons (Fsp3) is 0.346. The molecule has 0 unspecified atom stereocenters. The number of thiophene rings is 1. The quantitative estimate of drug-likeness (QED) is 0.146. The van der Waals surface area contributed by atoms with Gasteiger partial charge in [-0.1, -0.05) is 12.1 Å². The number of nitrogens with one attached hydrogen (secondary N) is 1. The summed E-state index contributed by atoms with van der Waals surface area (Å²) in [5, 5.41) is 6.81. The number of hydrazone groups is 1. The van der Waals surface area contributed by atoms with E-state index in [0.717, 1.165) is 10.9 Å². The van der Waals surface area contributed by atoms with Crippen LogP contribution in [-0.2, 0) is 14.3 Å². The molecule has 192 valence electrons. The molecule has 1 aromatic heterocycles. The van der Waals surface area contributed by atoms with Crippen LogP contribution in [0.1, 0.15) is 35.2 Å². The lowest BCUT2D eigenvalue weighted by Crippen LogP contribution is -2.21. The molecular weight excluding hydrogens is 487 g/mol. The molecule has 2 aromatic carbocycles. The number of benzene rings is 2. The fourth-order valence-corrected chi connectivity index (χ4v) is 4.43. The summed E-state index contributed by atoms with van der Waals surface area (Å²) < 4.78 is 35.7. The molecule has 36 heavy (non-hydrogen) atoms. The zero-order valence-corrected chi connectivity index (χ0v) is 21.3. The SMILES string of the molecule is COCCOc1ccc(C(=O)CCC(=O)N/N=C(\CCOC)c2csc3c(F)cccc23)cc1OC. The maximum atomic E-state index is 14.1. The summed E-state index contributed by atoms with van der Waals surface area (Å²) in [6.07, 6.45) is 0.373. The molecule has 0 spiro atoms. The van der Waals surface area contributed by atoms with Crippen molar-refractivity contribution >= 4 is 38.8 Å². The minimum Gasteiger partial charge on any atom is -0.493 e. The van der Waals surface area contributed by atoms with Gasteiger partial charge in [-0.05, 0) is 24.3 Å². The Kier molecular flexibility index (Phi) is 10.3. The first kappa shape index (κ1) is 27.3. The summed E-state index contributed by atoms with van der Waals surface area (Å²) in [5.74, 6) is 0.00431. The number of hydrogen-bond acceptors (Lipinski definition) is 8. The molecule has 10 heteroatoms. The number of fused-ring (bicyclic) bond motifs is 1. The van der Waals surface area contributed by atoms with Gasteiger partial charge < -0.3 is 18.9 Å². The van der Waals surface area contributed by atoms with Crippen molar-refractivity contribution < 1.29 is 32.9 Å². The Morgan fingerprint density at radius 1 is 0.972 bits per heavy atom. The van der Waals surface area contributed by atoms with Gasteiger partial charge in [0.15, 0.2) is 17.3 Å². The van der Waals surface area contributed by atoms with Crippen molar-refractivity contribution in [3.05, 3.63) is 58.7 Å². The molecular formula is C26H29FN2O6S. The van der Waals surface area contributed by atoms with Crippen LogP contribution in [0.3, 0.4) is 0 Å². The van der Waals surface area contributed by atoms with Crippen molar-refractivity contribution in [1.82, 2.24) is 5.43 Å². The number of halogens is 1. The summed E-state index contributed by atoms with van der Waals surface area (Å²) in [7, 11) is 4.64. The van der Waals surface area contributed by atoms with E-state index in [2.05, 4.69) is 10.5 Å². The molecule has 0 aliphatic heterocycles.